The molecule has 1 fully saturated rings. The van der Waals surface area contributed by atoms with Crippen LogP contribution in [0.4, 0.5) is 4.79 Å². The Bertz CT molecular complexity index is 492. The van der Waals surface area contributed by atoms with Gasteiger partial charge < -0.3 is 16.4 Å². The molecule has 22 heavy (non-hydrogen) atoms. The van der Waals surface area contributed by atoms with E-state index >= 15 is 0 Å². The number of hydrogen-bond acceptors (Lipinski definition) is 2. The van der Waals surface area contributed by atoms with E-state index in [9.17, 15) is 4.79 Å². The van der Waals surface area contributed by atoms with Crippen molar-refractivity contribution in [3.8, 4) is 0 Å². The Morgan fingerprint density at radius 1 is 1.18 bits per heavy atom. The van der Waals surface area contributed by atoms with Crippen LogP contribution in [0.1, 0.15) is 36.8 Å². The quantitative estimate of drug-likeness (QED) is 0.780. The largest absolute Gasteiger partial charge is 0.338 e. The third kappa shape index (κ3) is 3.61. The minimum Gasteiger partial charge on any atom is -0.338 e. The van der Waals surface area contributed by atoms with E-state index < -0.39 is 0 Å². The molecule has 2 amide bonds. The van der Waals surface area contributed by atoms with E-state index in [0.29, 0.717) is 18.4 Å². The van der Waals surface area contributed by atoms with E-state index in [4.69, 9.17) is 5.73 Å². The molecule has 4 nitrogen and oxygen atoms in total. The standard InChI is InChI=1S/C18H27N3O/c19-12-16-6-3-7-17(16)21-18(22)20-9-8-13-10-14-4-1-2-5-15(14)11-13/h1-2,4-5,13,16-17H,3,6-12,19H2,(H2,20,21,22). The van der Waals surface area contributed by atoms with Gasteiger partial charge in [-0.3, -0.25) is 0 Å². The van der Waals surface area contributed by atoms with Crippen LogP contribution in [0.5, 0.6) is 0 Å². The lowest BCUT2D eigenvalue weighted by atomic mass is 10.0. The summed E-state index contributed by atoms with van der Waals surface area (Å²) in [4.78, 5) is 12.0. The van der Waals surface area contributed by atoms with Crippen LogP contribution in [0.2, 0.25) is 0 Å². The number of hydrogen-bond donors (Lipinski definition) is 3. The summed E-state index contributed by atoms with van der Waals surface area (Å²) in [5, 5.41) is 6.11. The minimum atomic E-state index is -0.0270. The zero-order valence-electron chi connectivity index (χ0n) is 13.2. The summed E-state index contributed by atoms with van der Waals surface area (Å²) < 4.78 is 0. The molecule has 2 aliphatic rings. The molecule has 0 radical (unpaired) electrons. The van der Waals surface area contributed by atoms with Crippen molar-refractivity contribution in [2.24, 2.45) is 17.6 Å². The lowest BCUT2D eigenvalue weighted by Gasteiger charge is -2.20. The zero-order chi connectivity index (χ0) is 15.4. The summed E-state index contributed by atoms with van der Waals surface area (Å²) in [7, 11) is 0. The highest BCUT2D eigenvalue weighted by Gasteiger charge is 2.27. The zero-order valence-corrected chi connectivity index (χ0v) is 13.2. The summed E-state index contributed by atoms with van der Waals surface area (Å²) in [5.41, 5.74) is 8.71. The van der Waals surface area contributed by atoms with Crippen LogP contribution >= 0.6 is 0 Å². The predicted octanol–water partition coefficient (Wildman–Crippen LogP) is 2.22. The van der Waals surface area contributed by atoms with Crippen LogP contribution in [0.3, 0.4) is 0 Å². The molecule has 2 unspecified atom stereocenters. The summed E-state index contributed by atoms with van der Waals surface area (Å²) in [5.74, 6) is 1.12. The van der Waals surface area contributed by atoms with Crippen molar-refractivity contribution in [3.63, 3.8) is 0 Å². The second kappa shape index (κ2) is 7.14. The molecular weight excluding hydrogens is 274 g/mol. The molecule has 0 aliphatic heterocycles. The molecule has 2 atom stereocenters. The number of carbonyl (C=O) groups excluding carboxylic acids is 1. The van der Waals surface area contributed by atoms with E-state index in [1.807, 2.05) is 0 Å². The molecular formula is C18H27N3O. The Kier molecular flexibility index (Phi) is 4.98. The van der Waals surface area contributed by atoms with Gasteiger partial charge in [0.15, 0.2) is 0 Å². The van der Waals surface area contributed by atoms with Crippen molar-refractivity contribution in [2.75, 3.05) is 13.1 Å². The molecule has 120 valence electrons. The number of fused-ring (bicyclic) bond motifs is 1. The predicted molar refractivity (Wildman–Crippen MR) is 88.7 cm³/mol. The van der Waals surface area contributed by atoms with E-state index in [1.165, 1.54) is 17.5 Å². The van der Waals surface area contributed by atoms with Gasteiger partial charge in [-0.05, 0) is 61.6 Å². The van der Waals surface area contributed by atoms with E-state index in [1.54, 1.807) is 0 Å². The number of benzene rings is 1. The van der Waals surface area contributed by atoms with Gasteiger partial charge in [-0.2, -0.15) is 0 Å². The van der Waals surface area contributed by atoms with Crippen molar-refractivity contribution >= 4 is 6.03 Å². The maximum Gasteiger partial charge on any atom is 0.315 e. The van der Waals surface area contributed by atoms with Crippen molar-refractivity contribution in [3.05, 3.63) is 35.4 Å². The van der Waals surface area contributed by atoms with Gasteiger partial charge in [-0.25, -0.2) is 4.79 Å². The van der Waals surface area contributed by atoms with E-state index in [0.717, 1.165) is 38.6 Å². The van der Waals surface area contributed by atoms with Crippen LogP contribution in [-0.2, 0) is 12.8 Å². The lowest BCUT2D eigenvalue weighted by molar-refractivity contribution is 0.233. The number of nitrogens with two attached hydrogens (primary N) is 1. The Morgan fingerprint density at radius 3 is 2.59 bits per heavy atom. The van der Waals surface area contributed by atoms with Gasteiger partial charge in [0.2, 0.25) is 0 Å². The van der Waals surface area contributed by atoms with Crippen molar-refractivity contribution in [1.29, 1.82) is 0 Å². The number of carbonyl (C=O) groups is 1. The maximum absolute atomic E-state index is 12.0. The first-order valence-corrected chi connectivity index (χ1v) is 8.57. The van der Waals surface area contributed by atoms with E-state index in [2.05, 4.69) is 34.9 Å². The normalized spacial score (nSPS) is 24.2. The molecule has 0 spiro atoms. The molecule has 2 aliphatic carbocycles. The molecule has 1 aromatic carbocycles. The topological polar surface area (TPSA) is 67.1 Å². The fourth-order valence-corrected chi connectivity index (χ4v) is 3.97. The summed E-state index contributed by atoms with van der Waals surface area (Å²) in [6.45, 7) is 1.43. The molecule has 0 saturated heterocycles. The minimum absolute atomic E-state index is 0.0270. The third-order valence-corrected chi connectivity index (χ3v) is 5.25. The molecule has 0 heterocycles. The Labute approximate surface area is 132 Å². The van der Waals surface area contributed by atoms with Crippen LogP contribution in [-0.4, -0.2) is 25.2 Å². The van der Waals surface area contributed by atoms with Crippen molar-refractivity contribution in [1.82, 2.24) is 10.6 Å². The lowest BCUT2D eigenvalue weighted by Crippen LogP contribution is -2.45. The van der Waals surface area contributed by atoms with E-state index in [-0.39, 0.29) is 12.1 Å². The van der Waals surface area contributed by atoms with Gasteiger partial charge in [0, 0.05) is 12.6 Å². The molecule has 1 aromatic rings. The van der Waals surface area contributed by atoms with Crippen LogP contribution in [0.25, 0.3) is 0 Å². The number of nitrogens with one attached hydrogen (secondary N) is 2. The average Bonchev–Trinajstić information content (AvgIpc) is 3.12. The molecule has 4 N–H and O–H groups in total. The van der Waals surface area contributed by atoms with Gasteiger partial charge >= 0.3 is 6.03 Å². The van der Waals surface area contributed by atoms with Gasteiger partial charge in [-0.1, -0.05) is 30.7 Å². The molecule has 0 aromatic heterocycles. The average molecular weight is 301 g/mol. The fraction of sp³-hybridized carbons (Fsp3) is 0.611. The highest BCUT2D eigenvalue weighted by molar-refractivity contribution is 5.74. The second-order valence-electron chi connectivity index (χ2n) is 6.77. The molecule has 3 rings (SSSR count). The molecule has 0 bridgehead atoms. The second-order valence-corrected chi connectivity index (χ2v) is 6.77. The first-order chi connectivity index (χ1) is 10.8. The highest BCUT2D eigenvalue weighted by Crippen LogP contribution is 2.28. The fourth-order valence-electron chi connectivity index (χ4n) is 3.97. The smallest absolute Gasteiger partial charge is 0.315 e. The highest BCUT2D eigenvalue weighted by atomic mass is 16.2. The Hall–Kier alpha value is -1.55. The molecule has 4 heteroatoms. The first-order valence-electron chi connectivity index (χ1n) is 8.57. The number of rotatable bonds is 5. The third-order valence-electron chi connectivity index (χ3n) is 5.25. The van der Waals surface area contributed by atoms with Crippen molar-refractivity contribution < 1.29 is 4.79 Å². The van der Waals surface area contributed by atoms with Gasteiger partial charge in [-0.15, -0.1) is 0 Å². The summed E-state index contributed by atoms with van der Waals surface area (Å²) in [6.07, 6.45) is 6.73. The molecule has 1 saturated carbocycles. The monoisotopic (exact) mass is 301 g/mol. The van der Waals surface area contributed by atoms with Gasteiger partial charge in [0.25, 0.3) is 0 Å². The summed E-state index contributed by atoms with van der Waals surface area (Å²) >= 11 is 0. The van der Waals surface area contributed by atoms with Crippen molar-refractivity contribution in [2.45, 2.75) is 44.6 Å². The maximum atomic E-state index is 12.0. The Morgan fingerprint density at radius 2 is 1.91 bits per heavy atom. The van der Waals surface area contributed by atoms with Gasteiger partial charge in [0.05, 0.1) is 0 Å². The van der Waals surface area contributed by atoms with Gasteiger partial charge in [0.1, 0.15) is 0 Å². The van der Waals surface area contributed by atoms with Crippen LogP contribution < -0.4 is 16.4 Å². The van der Waals surface area contributed by atoms with Crippen LogP contribution in [0, 0.1) is 11.8 Å². The Balaban J connectivity index is 1.36. The van der Waals surface area contributed by atoms with Crippen LogP contribution in [0.15, 0.2) is 24.3 Å². The number of urea groups is 1. The summed E-state index contributed by atoms with van der Waals surface area (Å²) in [6, 6.07) is 8.91. The SMILES string of the molecule is NCC1CCCC1NC(=O)NCCC1Cc2ccccc2C1. The number of amides is 2. The first kappa shape index (κ1) is 15.3.